The lowest BCUT2D eigenvalue weighted by molar-refractivity contribution is -0.519. The SMILES string of the molecule is CCC[C@H](CC(=O)OC)[C@@H](C(=O)OC)[N+](=O)[O-]. The first-order valence-corrected chi connectivity index (χ1v) is 5.26. The van der Waals surface area contributed by atoms with E-state index in [0.717, 1.165) is 7.11 Å². The van der Waals surface area contributed by atoms with Gasteiger partial charge in [0, 0.05) is 10.8 Å². The number of hydrogen-bond acceptors (Lipinski definition) is 6. The molecule has 98 valence electrons. The van der Waals surface area contributed by atoms with E-state index < -0.39 is 28.8 Å². The lowest BCUT2D eigenvalue weighted by Gasteiger charge is -2.17. The number of hydrogen-bond donors (Lipinski definition) is 0. The molecule has 0 rings (SSSR count). The molecule has 0 unspecified atom stereocenters. The van der Waals surface area contributed by atoms with Crippen LogP contribution in [-0.4, -0.2) is 37.1 Å². The van der Waals surface area contributed by atoms with Crippen LogP contribution in [0.25, 0.3) is 0 Å². The van der Waals surface area contributed by atoms with Gasteiger partial charge in [-0.1, -0.05) is 13.3 Å². The molecule has 0 spiro atoms. The molecule has 0 saturated heterocycles. The van der Waals surface area contributed by atoms with Crippen LogP contribution in [0.4, 0.5) is 0 Å². The maximum Gasteiger partial charge on any atom is 0.381 e. The summed E-state index contributed by atoms with van der Waals surface area (Å²) in [4.78, 5) is 32.6. The van der Waals surface area contributed by atoms with Gasteiger partial charge in [0.15, 0.2) is 0 Å². The Hall–Kier alpha value is -1.66. The maximum atomic E-state index is 11.3. The Morgan fingerprint density at radius 2 is 1.88 bits per heavy atom. The second-order valence-corrected chi connectivity index (χ2v) is 3.58. The van der Waals surface area contributed by atoms with Crippen molar-refractivity contribution in [1.82, 2.24) is 0 Å². The predicted octanol–water partition coefficient (Wildman–Crippen LogP) is 0.784. The first-order valence-electron chi connectivity index (χ1n) is 5.26. The predicted molar refractivity (Wildman–Crippen MR) is 57.8 cm³/mol. The summed E-state index contributed by atoms with van der Waals surface area (Å²) >= 11 is 0. The van der Waals surface area contributed by atoms with Crippen molar-refractivity contribution in [2.45, 2.75) is 32.2 Å². The molecule has 2 atom stereocenters. The first kappa shape index (κ1) is 15.3. The van der Waals surface area contributed by atoms with Gasteiger partial charge in [-0.15, -0.1) is 0 Å². The van der Waals surface area contributed by atoms with Crippen LogP contribution in [0.15, 0.2) is 0 Å². The molecule has 0 bridgehead atoms. The van der Waals surface area contributed by atoms with Crippen molar-refractivity contribution < 1.29 is 24.0 Å². The molecule has 0 aromatic carbocycles. The summed E-state index contributed by atoms with van der Waals surface area (Å²) in [6, 6.07) is -1.51. The molecule has 0 saturated carbocycles. The summed E-state index contributed by atoms with van der Waals surface area (Å²) in [7, 11) is 2.28. The van der Waals surface area contributed by atoms with E-state index in [1.165, 1.54) is 7.11 Å². The van der Waals surface area contributed by atoms with Gasteiger partial charge in [-0.25, -0.2) is 4.79 Å². The minimum atomic E-state index is -1.51. The summed E-state index contributed by atoms with van der Waals surface area (Å²) < 4.78 is 8.84. The molecular weight excluding hydrogens is 230 g/mol. The monoisotopic (exact) mass is 247 g/mol. The van der Waals surface area contributed by atoms with E-state index in [0.29, 0.717) is 12.8 Å². The van der Waals surface area contributed by atoms with Crippen molar-refractivity contribution in [3.8, 4) is 0 Å². The summed E-state index contributed by atoms with van der Waals surface area (Å²) in [5.41, 5.74) is 0. The highest BCUT2D eigenvalue weighted by Gasteiger charge is 2.40. The second kappa shape index (κ2) is 7.59. The van der Waals surface area contributed by atoms with Gasteiger partial charge >= 0.3 is 18.0 Å². The van der Waals surface area contributed by atoms with Gasteiger partial charge in [0.05, 0.1) is 20.6 Å². The topological polar surface area (TPSA) is 95.7 Å². The highest BCUT2D eigenvalue weighted by atomic mass is 16.6. The van der Waals surface area contributed by atoms with Crippen molar-refractivity contribution in [2.24, 2.45) is 5.92 Å². The third-order valence-electron chi connectivity index (χ3n) is 2.43. The van der Waals surface area contributed by atoms with Gasteiger partial charge in [-0.05, 0) is 6.42 Å². The zero-order valence-electron chi connectivity index (χ0n) is 10.2. The summed E-state index contributed by atoms with van der Waals surface area (Å²) in [5, 5.41) is 10.8. The van der Waals surface area contributed by atoms with Crippen LogP contribution >= 0.6 is 0 Å². The van der Waals surface area contributed by atoms with Crippen molar-refractivity contribution >= 4 is 11.9 Å². The Morgan fingerprint density at radius 1 is 1.29 bits per heavy atom. The van der Waals surface area contributed by atoms with Crippen molar-refractivity contribution in [1.29, 1.82) is 0 Å². The van der Waals surface area contributed by atoms with Gasteiger partial charge in [0.25, 0.3) is 0 Å². The number of methoxy groups -OCH3 is 2. The van der Waals surface area contributed by atoms with Crippen LogP contribution in [0.1, 0.15) is 26.2 Å². The minimum Gasteiger partial charge on any atom is -0.469 e. The molecule has 0 aromatic heterocycles. The Balaban J connectivity index is 4.88. The standard InChI is InChI=1S/C10H17NO6/c1-4-5-7(6-8(12)16-2)9(11(14)15)10(13)17-3/h7,9H,4-6H2,1-3H3/t7-,9+/m1/s1. The van der Waals surface area contributed by atoms with Gasteiger partial charge in [0.2, 0.25) is 0 Å². The number of nitro groups is 1. The molecule has 0 aliphatic heterocycles. The van der Waals surface area contributed by atoms with E-state index in [1.807, 2.05) is 6.92 Å². The number of esters is 2. The van der Waals surface area contributed by atoms with Gasteiger partial charge in [-0.2, -0.15) is 0 Å². The van der Waals surface area contributed by atoms with Gasteiger partial charge in [-0.3, -0.25) is 14.9 Å². The summed E-state index contributed by atoms with van der Waals surface area (Å²) in [6.07, 6.45) is 0.851. The largest absolute Gasteiger partial charge is 0.469 e. The Morgan fingerprint density at radius 3 is 2.24 bits per heavy atom. The fourth-order valence-corrected chi connectivity index (χ4v) is 1.61. The molecule has 0 N–H and O–H groups in total. The minimum absolute atomic E-state index is 0.162. The molecular formula is C10H17NO6. The van der Waals surface area contributed by atoms with Crippen LogP contribution in [0, 0.1) is 16.0 Å². The quantitative estimate of drug-likeness (QED) is 0.375. The lowest BCUT2D eigenvalue weighted by atomic mass is 9.92. The first-order chi connectivity index (χ1) is 7.97. The molecule has 0 fully saturated rings. The lowest BCUT2D eigenvalue weighted by Crippen LogP contribution is -2.39. The Labute approximate surface area is 99.2 Å². The van der Waals surface area contributed by atoms with Crippen LogP contribution in [0.2, 0.25) is 0 Å². The van der Waals surface area contributed by atoms with E-state index in [1.54, 1.807) is 0 Å². The Kier molecular flexibility index (Phi) is 6.85. The molecule has 0 aliphatic carbocycles. The smallest absolute Gasteiger partial charge is 0.381 e. The zero-order valence-corrected chi connectivity index (χ0v) is 10.2. The molecule has 7 heteroatoms. The number of rotatable bonds is 7. The highest BCUT2D eigenvalue weighted by molar-refractivity contribution is 5.76. The van der Waals surface area contributed by atoms with E-state index in [9.17, 15) is 19.7 Å². The number of carbonyl (C=O) groups is 2. The van der Waals surface area contributed by atoms with Crippen LogP contribution in [0.5, 0.6) is 0 Å². The van der Waals surface area contributed by atoms with Crippen LogP contribution in [-0.2, 0) is 19.1 Å². The van der Waals surface area contributed by atoms with E-state index in [4.69, 9.17) is 0 Å². The number of nitrogens with zero attached hydrogens (tertiary/aromatic N) is 1. The van der Waals surface area contributed by atoms with E-state index in [-0.39, 0.29) is 6.42 Å². The van der Waals surface area contributed by atoms with Crippen molar-refractivity contribution in [3.63, 3.8) is 0 Å². The molecule has 0 aromatic rings. The Bertz CT molecular complexity index is 291. The van der Waals surface area contributed by atoms with Gasteiger partial charge in [0.1, 0.15) is 0 Å². The molecule has 0 heterocycles. The normalized spacial score (nSPS) is 13.6. The van der Waals surface area contributed by atoms with Crippen molar-refractivity contribution in [2.75, 3.05) is 14.2 Å². The second-order valence-electron chi connectivity index (χ2n) is 3.58. The average Bonchev–Trinajstić information content (AvgIpc) is 2.28. The molecule has 0 radical (unpaired) electrons. The number of ether oxygens (including phenoxy) is 2. The highest BCUT2D eigenvalue weighted by Crippen LogP contribution is 2.20. The molecule has 7 nitrogen and oxygen atoms in total. The third-order valence-corrected chi connectivity index (χ3v) is 2.43. The molecule has 0 aliphatic rings. The third kappa shape index (κ3) is 4.80. The van der Waals surface area contributed by atoms with Crippen LogP contribution < -0.4 is 0 Å². The summed E-state index contributed by atoms with van der Waals surface area (Å²) in [5.74, 6) is -2.20. The number of carbonyl (C=O) groups excluding carboxylic acids is 2. The average molecular weight is 247 g/mol. The molecule has 17 heavy (non-hydrogen) atoms. The summed E-state index contributed by atoms with van der Waals surface area (Å²) in [6.45, 7) is 1.82. The van der Waals surface area contributed by atoms with Crippen LogP contribution in [0.3, 0.4) is 0 Å². The molecule has 0 amide bonds. The fraction of sp³-hybridized carbons (Fsp3) is 0.800. The fourth-order valence-electron chi connectivity index (χ4n) is 1.61. The van der Waals surface area contributed by atoms with Crippen molar-refractivity contribution in [3.05, 3.63) is 10.1 Å². The maximum absolute atomic E-state index is 11.3. The van der Waals surface area contributed by atoms with E-state index >= 15 is 0 Å². The van der Waals surface area contributed by atoms with E-state index in [2.05, 4.69) is 9.47 Å². The van der Waals surface area contributed by atoms with Gasteiger partial charge < -0.3 is 9.47 Å². The zero-order chi connectivity index (χ0) is 13.4.